The second kappa shape index (κ2) is 4.62. The van der Waals surface area contributed by atoms with Crippen LogP contribution in [0.2, 0.25) is 0 Å². The van der Waals surface area contributed by atoms with Gasteiger partial charge in [-0.15, -0.1) is 0 Å². The molecule has 0 spiro atoms. The third kappa shape index (κ3) is 4.69. The van der Waals surface area contributed by atoms with Gasteiger partial charge in [0.2, 0.25) is 0 Å². The van der Waals surface area contributed by atoms with Crippen molar-refractivity contribution in [2.45, 2.75) is 18.6 Å². The third-order valence-corrected chi connectivity index (χ3v) is 1.11. The quantitative estimate of drug-likeness (QED) is 0.443. The SMILES string of the molecule is COCC(O)(O)CCCO. The Balaban J connectivity index is 3.42. The first-order chi connectivity index (χ1) is 4.62. The number of aliphatic hydroxyl groups excluding tert-OH is 1. The normalized spacial score (nSPS) is 12.0. The molecule has 0 aromatic heterocycles. The average molecular weight is 150 g/mol. The van der Waals surface area contributed by atoms with Gasteiger partial charge in [0, 0.05) is 20.1 Å². The average Bonchev–Trinajstić information content (AvgIpc) is 1.84. The first-order valence-electron chi connectivity index (χ1n) is 3.17. The van der Waals surface area contributed by atoms with E-state index in [-0.39, 0.29) is 19.6 Å². The van der Waals surface area contributed by atoms with Crippen molar-refractivity contribution in [3.8, 4) is 0 Å². The van der Waals surface area contributed by atoms with E-state index < -0.39 is 5.79 Å². The van der Waals surface area contributed by atoms with Crippen molar-refractivity contribution in [1.29, 1.82) is 0 Å². The fourth-order valence-electron chi connectivity index (χ4n) is 0.666. The van der Waals surface area contributed by atoms with Crippen molar-refractivity contribution in [1.82, 2.24) is 0 Å². The smallest absolute Gasteiger partial charge is 0.186 e. The Morgan fingerprint density at radius 2 is 2.00 bits per heavy atom. The molecule has 4 nitrogen and oxygen atoms in total. The lowest BCUT2D eigenvalue weighted by atomic mass is 10.1. The molecule has 0 amide bonds. The molecule has 0 rings (SSSR count). The van der Waals surface area contributed by atoms with Gasteiger partial charge < -0.3 is 20.1 Å². The van der Waals surface area contributed by atoms with Crippen LogP contribution in [-0.4, -0.2) is 41.4 Å². The molecule has 0 heterocycles. The molecule has 0 radical (unpaired) electrons. The number of ether oxygens (including phenoxy) is 1. The number of aliphatic hydroxyl groups is 3. The summed E-state index contributed by atoms with van der Waals surface area (Å²) in [6.07, 6.45) is 0.508. The molecule has 0 fully saturated rings. The van der Waals surface area contributed by atoms with Gasteiger partial charge >= 0.3 is 0 Å². The van der Waals surface area contributed by atoms with E-state index in [0.717, 1.165) is 0 Å². The molecule has 0 aromatic rings. The van der Waals surface area contributed by atoms with Gasteiger partial charge in [0.1, 0.15) is 0 Å². The molecule has 10 heavy (non-hydrogen) atoms. The summed E-state index contributed by atoms with van der Waals surface area (Å²) in [6.45, 7) is -0.153. The highest BCUT2D eigenvalue weighted by Crippen LogP contribution is 2.07. The van der Waals surface area contributed by atoms with E-state index in [0.29, 0.717) is 6.42 Å². The molecule has 62 valence electrons. The van der Waals surface area contributed by atoms with Crippen LogP contribution >= 0.6 is 0 Å². The second-order valence-corrected chi connectivity index (χ2v) is 2.24. The highest BCUT2D eigenvalue weighted by atomic mass is 16.6. The molecule has 0 unspecified atom stereocenters. The first-order valence-corrected chi connectivity index (χ1v) is 3.17. The van der Waals surface area contributed by atoms with Crippen LogP contribution in [0.1, 0.15) is 12.8 Å². The van der Waals surface area contributed by atoms with Gasteiger partial charge in [0.15, 0.2) is 5.79 Å². The van der Waals surface area contributed by atoms with E-state index in [4.69, 9.17) is 15.3 Å². The second-order valence-electron chi connectivity index (χ2n) is 2.24. The zero-order valence-electron chi connectivity index (χ0n) is 6.08. The molecule has 0 aliphatic rings. The number of methoxy groups -OCH3 is 1. The van der Waals surface area contributed by atoms with Crippen molar-refractivity contribution in [2.75, 3.05) is 20.3 Å². The van der Waals surface area contributed by atoms with Gasteiger partial charge in [-0.1, -0.05) is 0 Å². The molecular formula is C6H14O4. The van der Waals surface area contributed by atoms with Crippen LogP contribution in [0.25, 0.3) is 0 Å². The molecule has 0 saturated heterocycles. The maximum atomic E-state index is 8.96. The summed E-state index contributed by atoms with van der Waals surface area (Å²) < 4.78 is 4.52. The lowest BCUT2D eigenvalue weighted by Crippen LogP contribution is -2.33. The van der Waals surface area contributed by atoms with E-state index >= 15 is 0 Å². The zero-order valence-corrected chi connectivity index (χ0v) is 6.08. The Labute approximate surface area is 60.1 Å². The molecule has 0 saturated carbocycles. The molecule has 0 atom stereocenters. The Bertz CT molecular complexity index is 81.8. The van der Waals surface area contributed by atoms with Crippen LogP contribution < -0.4 is 0 Å². The summed E-state index contributed by atoms with van der Waals surface area (Å²) in [4.78, 5) is 0. The van der Waals surface area contributed by atoms with Gasteiger partial charge in [-0.2, -0.15) is 0 Å². The Morgan fingerprint density at radius 3 is 2.40 bits per heavy atom. The molecule has 0 aliphatic heterocycles. The predicted octanol–water partition coefficient (Wildman–Crippen LogP) is -0.914. The van der Waals surface area contributed by atoms with E-state index in [1.807, 2.05) is 0 Å². The van der Waals surface area contributed by atoms with Gasteiger partial charge in [0.25, 0.3) is 0 Å². The van der Waals surface area contributed by atoms with Crippen LogP contribution in [0.15, 0.2) is 0 Å². The number of hydrogen-bond donors (Lipinski definition) is 3. The van der Waals surface area contributed by atoms with Crippen molar-refractivity contribution in [3.63, 3.8) is 0 Å². The van der Waals surface area contributed by atoms with E-state index in [1.54, 1.807) is 0 Å². The Kier molecular flexibility index (Phi) is 4.55. The molecular weight excluding hydrogens is 136 g/mol. The molecule has 0 aromatic carbocycles. The topological polar surface area (TPSA) is 69.9 Å². The maximum Gasteiger partial charge on any atom is 0.186 e. The van der Waals surface area contributed by atoms with Crippen LogP contribution in [0.3, 0.4) is 0 Å². The molecule has 3 N–H and O–H groups in total. The lowest BCUT2D eigenvalue weighted by Gasteiger charge is -2.19. The summed E-state index contributed by atoms with van der Waals surface area (Å²) in [5.41, 5.74) is 0. The van der Waals surface area contributed by atoms with Gasteiger partial charge in [-0.05, 0) is 6.42 Å². The molecule has 0 bridgehead atoms. The van der Waals surface area contributed by atoms with Gasteiger partial charge in [-0.3, -0.25) is 0 Å². The highest BCUT2D eigenvalue weighted by Gasteiger charge is 2.21. The van der Waals surface area contributed by atoms with Crippen LogP contribution in [0, 0.1) is 0 Å². The van der Waals surface area contributed by atoms with Crippen molar-refractivity contribution in [2.24, 2.45) is 0 Å². The number of rotatable bonds is 5. The third-order valence-electron chi connectivity index (χ3n) is 1.11. The van der Waals surface area contributed by atoms with Gasteiger partial charge in [0.05, 0.1) is 6.61 Å². The summed E-state index contributed by atoms with van der Waals surface area (Å²) in [6, 6.07) is 0. The minimum absolute atomic E-state index is 0.0351. The van der Waals surface area contributed by atoms with E-state index in [2.05, 4.69) is 4.74 Å². The fourth-order valence-corrected chi connectivity index (χ4v) is 0.666. The maximum absolute atomic E-state index is 8.96. The fraction of sp³-hybridized carbons (Fsp3) is 1.00. The standard InChI is InChI=1S/C6H14O4/c1-10-5-6(8,9)3-2-4-7/h7-9H,2-5H2,1H3. The largest absolute Gasteiger partial charge is 0.396 e. The number of hydrogen-bond acceptors (Lipinski definition) is 4. The molecule has 4 heteroatoms. The lowest BCUT2D eigenvalue weighted by molar-refractivity contribution is -0.197. The highest BCUT2D eigenvalue weighted by molar-refractivity contribution is 4.62. The van der Waals surface area contributed by atoms with Crippen LogP contribution in [0.4, 0.5) is 0 Å². The summed E-state index contributed by atoms with van der Waals surface area (Å²) >= 11 is 0. The van der Waals surface area contributed by atoms with Crippen molar-refractivity contribution in [3.05, 3.63) is 0 Å². The van der Waals surface area contributed by atoms with Crippen LogP contribution in [-0.2, 0) is 4.74 Å². The monoisotopic (exact) mass is 150 g/mol. The summed E-state index contributed by atoms with van der Waals surface area (Å²) in [7, 11) is 1.39. The van der Waals surface area contributed by atoms with Gasteiger partial charge in [-0.25, -0.2) is 0 Å². The van der Waals surface area contributed by atoms with Crippen molar-refractivity contribution < 1.29 is 20.1 Å². The predicted molar refractivity (Wildman–Crippen MR) is 35.4 cm³/mol. The Hall–Kier alpha value is -0.160. The van der Waals surface area contributed by atoms with E-state index in [9.17, 15) is 0 Å². The molecule has 0 aliphatic carbocycles. The van der Waals surface area contributed by atoms with Crippen LogP contribution in [0.5, 0.6) is 0 Å². The van der Waals surface area contributed by atoms with Crippen molar-refractivity contribution >= 4 is 0 Å². The minimum atomic E-state index is -1.78. The summed E-state index contributed by atoms with van der Waals surface area (Å²) in [5.74, 6) is -1.78. The summed E-state index contributed by atoms with van der Waals surface area (Å²) in [5, 5.41) is 26.3. The Morgan fingerprint density at radius 1 is 1.40 bits per heavy atom. The zero-order chi connectivity index (χ0) is 8.04. The first kappa shape index (κ1) is 9.84. The minimum Gasteiger partial charge on any atom is -0.396 e. The van der Waals surface area contributed by atoms with E-state index in [1.165, 1.54) is 7.11 Å².